The molecular formula is C43H55F4N9O3. The number of carbonyl (C=O) groups excluding carboxylic acids is 2. The maximum absolute atomic E-state index is 14.6. The molecule has 16 heteroatoms. The topological polar surface area (TPSA) is 135 Å². The summed E-state index contributed by atoms with van der Waals surface area (Å²) in [5, 5.41) is 15.2. The first-order valence-corrected chi connectivity index (χ1v) is 21.2. The molecule has 0 aromatic carbocycles. The van der Waals surface area contributed by atoms with Gasteiger partial charge in [0.25, 0.3) is 5.91 Å². The Morgan fingerprint density at radius 3 is 2.24 bits per heavy atom. The van der Waals surface area contributed by atoms with Gasteiger partial charge in [0.2, 0.25) is 0 Å². The molecule has 2 aliphatic heterocycles. The maximum atomic E-state index is 14.6. The average Bonchev–Trinajstić information content (AvgIpc) is 3.88. The lowest BCUT2D eigenvalue weighted by atomic mass is 9.83. The van der Waals surface area contributed by atoms with Gasteiger partial charge in [-0.2, -0.15) is 23.5 Å². The van der Waals surface area contributed by atoms with E-state index < -0.39 is 34.7 Å². The number of carbonyl (C=O) groups is 2. The molecule has 0 spiro atoms. The SMILES string of the molecule is CCCCCCCCCCCCCCCC(=O)OCn1ccc2c(-c3cnn(C4(CC#N)CN(C5CCN(C(=O)c6ccnc(C(F)(F)F)c6F)CC5)C4)c3)ncnc21. The maximum Gasteiger partial charge on any atom is 0.436 e. The molecule has 0 aliphatic carbocycles. The Labute approximate surface area is 342 Å². The molecular weight excluding hydrogens is 767 g/mol. The molecule has 0 bridgehead atoms. The van der Waals surface area contributed by atoms with Crippen molar-refractivity contribution in [3.8, 4) is 17.3 Å². The fourth-order valence-corrected chi connectivity index (χ4v) is 8.41. The van der Waals surface area contributed by atoms with Gasteiger partial charge in [-0.05, 0) is 31.4 Å². The predicted octanol–water partition coefficient (Wildman–Crippen LogP) is 9.06. The molecule has 4 aromatic heterocycles. The van der Waals surface area contributed by atoms with E-state index in [1.807, 2.05) is 23.1 Å². The summed E-state index contributed by atoms with van der Waals surface area (Å²) in [5.41, 5.74) is -0.914. The van der Waals surface area contributed by atoms with E-state index in [-0.39, 0.29) is 38.3 Å². The minimum atomic E-state index is -5.01. The Morgan fingerprint density at radius 2 is 1.59 bits per heavy atom. The molecule has 59 heavy (non-hydrogen) atoms. The number of nitriles is 1. The van der Waals surface area contributed by atoms with Crippen LogP contribution in [-0.2, 0) is 28.0 Å². The Bertz CT molecular complexity index is 2050. The Balaban J connectivity index is 0.956. The van der Waals surface area contributed by atoms with Gasteiger partial charge in [-0.1, -0.05) is 84.0 Å². The molecule has 2 aliphatic rings. The van der Waals surface area contributed by atoms with E-state index in [4.69, 9.17) is 4.74 Å². The molecule has 2 fully saturated rings. The normalized spacial score (nSPS) is 16.0. The smallest absolute Gasteiger partial charge is 0.436 e. The van der Waals surface area contributed by atoms with Crippen molar-refractivity contribution in [2.75, 3.05) is 26.2 Å². The molecule has 0 saturated carbocycles. The van der Waals surface area contributed by atoms with Crippen molar-refractivity contribution >= 4 is 22.9 Å². The van der Waals surface area contributed by atoms with E-state index in [0.29, 0.717) is 43.7 Å². The zero-order valence-electron chi connectivity index (χ0n) is 33.9. The number of piperidine rings is 1. The molecule has 1 amide bonds. The van der Waals surface area contributed by atoms with Crippen LogP contribution in [0.5, 0.6) is 0 Å². The zero-order valence-corrected chi connectivity index (χ0v) is 33.9. The Kier molecular flexibility index (Phi) is 15.1. The Morgan fingerprint density at radius 1 is 0.932 bits per heavy atom. The van der Waals surface area contributed by atoms with Crippen LogP contribution < -0.4 is 0 Å². The molecule has 6 heterocycles. The number of esters is 1. The first kappa shape index (κ1) is 43.7. The number of hydrogen-bond acceptors (Lipinski definition) is 9. The summed E-state index contributed by atoms with van der Waals surface area (Å²) in [5.74, 6) is -2.69. The quantitative estimate of drug-likeness (QED) is 0.0458. The van der Waals surface area contributed by atoms with Gasteiger partial charge in [0.1, 0.15) is 17.5 Å². The van der Waals surface area contributed by atoms with E-state index in [0.717, 1.165) is 42.5 Å². The van der Waals surface area contributed by atoms with Crippen molar-refractivity contribution in [3.63, 3.8) is 0 Å². The van der Waals surface area contributed by atoms with Gasteiger partial charge in [-0.3, -0.25) is 23.7 Å². The summed E-state index contributed by atoms with van der Waals surface area (Å²) in [6.45, 7) is 3.87. The highest BCUT2D eigenvalue weighted by atomic mass is 19.4. The fourth-order valence-electron chi connectivity index (χ4n) is 8.41. The molecule has 318 valence electrons. The number of aromatic nitrogens is 6. The number of alkyl halides is 3. The van der Waals surface area contributed by atoms with Crippen LogP contribution in [0.15, 0.2) is 43.2 Å². The molecule has 0 unspecified atom stereocenters. The molecule has 0 N–H and O–H groups in total. The summed E-state index contributed by atoms with van der Waals surface area (Å²) in [4.78, 5) is 41.2. The van der Waals surface area contributed by atoms with Crippen molar-refractivity contribution < 1.29 is 31.9 Å². The van der Waals surface area contributed by atoms with Gasteiger partial charge in [0.15, 0.2) is 18.2 Å². The monoisotopic (exact) mass is 821 g/mol. The van der Waals surface area contributed by atoms with E-state index in [9.17, 15) is 32.4 Å². The summed E-state index contributed by atoms with van der Waals surface area (Å²) in [7, 11) is 0. The summed E-state index contributed by atoms with van der Waals surface area (Å²) < 4.78 is 63.3. The lowest BCUT2D eigenvalue weighted by Crippen LogP contribution is -2.66. The van der Waals surface area contributed by atoms with E-state index in [1.54, 1.807) is 10.8 Å². The number of hydrogen-bond donors (Lipinski definition) is 0. The van der Waals surface area contributed by atoms with Crippen LogP contribution in [0.4, 0.5) is 17.6 Å². The number of halogens is 4. The number of ether oxygens (including phenoxy) is 1. The minimum Gasteiger partial charge on any atom is -0.444 e. The number of likely N-dealkylation sites (tertiary alicyclic amines) is 2. The van der Waals surface area contributed by atoms with Gasteiger partial charge in [-0.25, -0.2) is 19.3 Å². The van der Waals surface area contributed by atoms with Gasteiger partial charge in [0.05, 0.1) is 29.9 Å². The zero-order chi connectivity index (χ0) is 41.8. The Hall–Kier alpha value is -4.91. The highest BCUT2D eigenvalue weighted by molar-refractivity contribution is 5.94. The van der Waals surface area contributed by atoms with Gasteiger partial charge in [-0.15, -0.1) is 0 Å². The van der Waals surface area contributed by atoms with Crippen molar-refractivity contribution in [2.45, 2.75) is 141 Å². The lowest BCUT2D eigenvalue weighted by molar-refractivity contribution is -0.147. The van der Waals surface area contributed by atoms with Crippen LogP contribution in [0.1, 0.15) is 132 Å². The second-order valence-corrected chi connectivity index (χ2v) is 16.1. The third-order valence-corrected chi connectivity index (χ3v) is 11.8. The number of nitrogens with zero attached hydrogens (tertiary/aromatic N) is 9. The summed E-state index contributed by atoms with van der Waals surface area (Å²) >= 11 is 0. The van der Waals surface area contributed by atoms with Crippen molar-refractivity contribution in [2.24, 2.45) is 0 Å². The van der Waals surface area contributed by atoms with Crippen LogP contribution in [0.3, 0.4) is 0 Å². The predicted molar refractivity (Wildman–Crippen MR) is 213 cm³/mol. The van der Waals surface area contributed by atoms with Crippen LogP contribution in [0.25, 0.3) is 22.3 Å². The third-order valence-electron chi connectivity index (χ3n) is 11.8. The number of rotatable bonds is 21. The molecule has 0 atom stereocenters. The summed E-state index contributed by atoms with van der Waals surface area (Å²) in [6, 6.07) is 5.23. The van der Waals surface area contributed by atoms with Crippen molar-refractivity contribution in [3.05, 3.63) is 60.3 Å². The first-order valence-electron chi connectivity index (χ1n) is 21.2. The van der Waals surface area contributed by atoms with E-state index >= 15 is 0 Å². The highest BCUT2D eigenvalue weighted by Gasteiger charge is 2.48. The van der Waals surface area contributed by atoms with E-state index in [1.165, 1.54) is 75.4 Å². The van der Waals surface area contributed by atoms with E-state index in [2.05, 4.69) is 37.9 Å². The average molecular weight is 822 g/mol. The number of unbranched alkanes of at least 4 members (excludes halogenated alkanes) is 12. The molecule has 0 radical (unpaired) electrons. The lowest BCUT2D eigenvalue weighted by Gasteiger charge is -2.53. The molecule has 4 aromatic rings. The van der Waals surface area contributed by atoms with Crippen LogP contribution in [-0.4, -0.2) is 83.2 Å². The van der Waals surface area contributed by atoms with Crippen LogP contribution in [0.2, 0.25) is 0 Å². The fraction of sp³-hybridized carbons (Fsp3) is 0.605. The second kappa shape index (κ2) is 20.4. The highest BCUT2D eigenvalue weighted by Crippen LogP contribution is 2.38. The molecule has 2 saturated heterocycles. The largest absolute Gasteiger partial charge is 0.444 e. The number of amides is 1. The van der Waals surface area contributed by atoms with Crippen molar-refractivity contribution in [1.82, 2.24) is 39.1 Å². The molecule has 6 rings (SSSR count). The number of pyridine rings is 1. The standard InChI is InChI=1S/C43H55F4N9O3/c1-2-3-4-5-6-7-8-9-10-11-12-13-14-15-36(57)59-31-54-25-19-35-38(50-30-51-40(35)54)32-26-52-56(27-32)42(20-21-48)28-55(29-42)33-17-23-53(24-18-33)41(58)34-16-22-49-39(37(34)44)43(45,46)47/h16,19,22,25-27,30,33H,2-15,17-18,20,23-24,28-29,31H2,1H3. The van der Waals surface area contributed by atoms with Crippen LogP contribution in [0, 0.1) is 17.1 Å². The van der Waals surface area contributed by atoms with Crippen molar-refractivity contribution in [1.29, 1.82) is 5.26 Å². The summed E-state index contributed by atoms with van der Waals surface area (Å²) in [6.07, 6.45) is 20.5. The van der Waals surface area contributed by atoms with Crippen LogP contribution >= 0.6 is 0 Å². The third kappa shape index (κ3) is 10.8. The second-order valence-electron chi connectivity index (χ2n) is 16.1. The number of fused-ring (bicyclic) bond motifs is 1. The van der Waals surface area contributed by atoms with Gasteiger partial charge in [0, 0.05) is 68.2 Å². The minimum absolute atomic E-state index is 0.0459. The van der Waals surface area contributed by atoms with Gasteiger partial charge >= 0.3 is 12.1 Å². The first-order chi connectivity index (χ1) is 28.5. The molecule has 12 nitrogen and oxygen atoms in total. The van der Waals surface area contributed by atoms with Gasteiger partial charge < -0.3 is 9.64 Å².